The van der Waals surface area contributed by atoms with Crippen LogP contribution in [0.3, 0.4) is 0 Å². The molecule has 1 aromatic carbocycles. The largest absolute Gasteiger partial charge is 0.376 e. The third kappa shape index (κ3) is 4.21. The minimum atomic E-state index is -4.00. The molecule has 0 unspecified atom stereocenters. The van der Waals surface area contributed by atoms with E-state index in [9.17, 15) is 22.0 Å². The Labute approximate surface area is 121 Å². The number of rotatable bonds is 5. The Kier molecular flexibility index (Phi) is 4.89. The summed E-state index contributed by atoms with van der Waals surface area (Å²) in [6, 6.07) is 2.21. The van der Waals surface area contributed by atoms with Gasteiger partial charge in [0.05, 0.1) is 11.0 Å². The van der Waals surface area contributed by atoms with Crippen LogP contribution in [-0.4, -0.2) is 39.3 Å². The quantitative estimate of drug-likeness (QED) is 0.823. The Morgan fingerprint density at radius 3 is 2.71 bits per heavy atom. The Bertz CT molecular complexity index is 627. The standard InChI is InChI=1S/C13H15F2NO4S/c14-11-4-3-10(6-12(11)15)21(18,19)8-13(17)16-7-9-2-1-5-20-9/h3-4,6,9H,1-2,5,7-8H2,(H,16,17)/t9-/m0/s1. The van der Waals surface area contributed by atoms with E-state index < -0.39 is 38.0 Å². The first-order valence-corrected chi connectivity index (χ1v) is 8.10. The summed E-state index contributed by atoms with van der Waals surface area (Å²) in [5.41, 5.74) is 0. The van der Waals surface area contributed by atoms with E-state index >= 15 is 0 Å². The highest BCUT2D eigenvalue weighted by molar-refractivity contribution is 7.92. The molecule has 1 atom stereocenters. The van der Waals surface area contributed by atoms with Crippen molar-refractivity contribution in [1.82, 2.24) is 5.32 Å². The Morgan fingerprint density at radius 1 is 1.33 bits per heavy atom. The maximum atomic E-state index is 13.0. The summed E-state index contributed by atoms with van der Waals surface area (Å²) in [6.45, 7) is 0.875. The van der Waals surface area contributed by atoms with Crippen LogP contribution in [0.25, 0.3) is 0 Å². The zero-order valence-electron chi connectivity index (χ0n) is 11.1. The van der Waals surface area contributed by atoms with Gasteiger partial charge in [-0.2, -0.15) is 0 Å². The number of nitrogens with one attached hydrogen (secondary N) is 1. The van der Waals surface area contributed by atoms with E-state index in [-0.39, 0.29) is 12.6 Å². The smallest absolute Gasteiger partial charge is 0.235 e. The molecule has 0 spiro atoms. The molecule has 1 aromatic rings. The highest BCUT2D eigenvalue weighted by atomic mass is 32.2. The van der Waals surface area contributed by atoms with Crippen molar-refractivity contribution in [2.24, 2.45) is 0 Å². The molecule has 5 nitrogen and oxygen atoms in total. The number of carbonyl (C=O) groups is 1. The van der Waals surface area contributed by atoms with Crippen LogP contribution in [0.4, 0.5) is 8.78 Å². The average molecular weight is 319 g/mol. The summed E-state index contributed by atoms with van der Waals surface area (Å²) in [7, 11) is -4.00. The summed E-state index contributed by atoms with van der Waals surface area (Å²) < 4.78 is 55.0. The van der Waals surface area contributed by atoms with Gasteiger partial charge in [-0.3, -0.25) is 4.79 Å². The summed E-state index contributed by atoms with van der Waals surface area (Å²) >= 11 is 0. The van der Waals surface area contributed by atoms with E-state index in [4.69, 9.17) is 4.74 Å². The molecule has 8 heteroatoms. The fraction of sp³-hybridized carbons (Fsp3) is 0.462. The molecule has 1 N–H and O–H groups in total. The van der Waals surface area contributed by atoms with Gasteiger partial charge in [0.25, 0.3) is 0 Å². The van der Waals surface area contributed by atoms with E-state index in [1.807, 2.05) is 0 Å². The van der Waals surface area contributed by atoms with Crippen molar-refractivity contribution in [3.05, 3.63) is 29.8 Å². The van der Waals surface area contributed by atoms with Gasteiger partial charge in [0, 0.05) is 13.2 Å². The van der Waals surface area contributed by atoms with E-state index in [0.717, 1.165) is 18.9 Å². The molecule has 1 saturated heterocycles. The maximum absolute atomic E-state index is 13.0. The lowest BCUT2D eigenvalue weighted by molar-refractivity contribution is -0.119. The number of hydrogen-bond donors (Lipinski definition) is 1. The molecule has 1 fully saturated rings. The SMILES string of the molecule is O=C(CS(=O)(=O)c1ccc(F)c(F)c1)NC[C@@H]1CCCO1. The zero-order chi connectivity index (χ0) is 15.5. The lowest BCUT2D eigenvalue weighted by Gasteiger charge is -2.11. The van der Waals surface area contributed by atoms with Crippen molar-refractivity contribution in [1.29, 1.82) is 0 Å². The summed E-state index contributed by atoms with van der Waals surface area (Å²) in [6.07, 6.45) is 1.63. The topological polar surface area (TPSA) is 72.5 Å². The van der Waals surface area contributed by atoms with Crippen molar-refractivity contribution in [2.75, 3.05) is 18.9 Å². The molecular weight excluding hydrogens is 304 g/mol. The first-order chi connectivity index (χ1) is 9.88. The molecule has 116 valence electrons. The van der Waals surface area contributed by atoms with Gasteiger partial charge in [0.1, 0.15) is 5.75 Å². The molecule has 0 radical (unpaired) electrons. The molecule has 1 amide bonds. The number of sulfone groups is 1. The van der Waals surface area contributed by atoms with Crippen LogP contribution in [0.2, 0.25) is 0 Å². The number of benzene rings is 1. The van der Waals surface area contributed by atoms with Gasteiger partial charge < -0.3 is 10.1 Å². The summed E-state index contributed by atoms with van der Waals surface area (Å²) in [4.78, 5) is 11.2. The number of hydrogen-bond acceptors (Lipinski definition) is 4. The van der Waals surface area contributed by atoms with Gasteiger partial charge in [0.2, 0.25) is 5.91 Å². The highest BCUT2D eigenvalue weighted by Gasteiger charge is 2.22. The number of ether oxygens (including phenoxy) is 1. The van der Waals surface area contributed by atoms with Crippen LogP contribution in [0.1, 0.15) is 12.8 Å². The second kappa shape index (κ2) is 6.48. The van der Waals surface area contributed by atoms with E-state index in [0.29, 0.717) is 18.7 Å². The zero-order valence-corrected chi connectivity index (χ0v) is 12.0. The first-order valence-electron chi connectivity index (χ1n) is 6.44. The molecule has 1 aliphatic rings. The van der Waals surface area contributed by atoms with Gasteiger partial charge in [-0.25, -0.2) is 17.2 Å². The number of amides is 1. The number of carbonyl (C=O) groups excluding carboxylic acids is 1. The van der Waals surface area contributed by atoms with Gasteiger partial charge in [-0.1, -0.05) is 0 Å². The first kappa shape index (κ1) is 15.8. The minimum Gasteiger partial charge on any atom is -0.376 e. The van der Waals surface area contributed by atoms with Crippen LogP contribution in [-0.2, 0) is 19.4 Å². The van der Waals surface area contributed by atoms with Crippen LogP contribution in [0.15, 0.2) is 23.1 Å². The molecule has 0 saturated carbocycles. The third-order valence-electron chi connectivity index (χ3n) is 3.12. The molecule has 21 heavy (non-hydrogen) atoms. The summed E-state index contributed by atoms with van der Waals surface area (Å²) in [5, 5.41) is 2.47. The van der Waals surface area contributed by atoms with Gasteiger partial charge in [0.15, 0.2) is 21.5 Å². The predicted octanol–water partition coefficient (Wildman–Crippen LogP) is 1.03. The third-order valence-corrected chi connectivity index (χ3v) is 4.74. The maximum Gasteiger partial charge on any atom is 0.235 e. The molecule has 0 aromatic heterocycles. The van der Waals surface area contributed by atoms with Crippen molar-refractivity contribution in [3.8, 4) is 0 Å². The second-order valence-corrected chi connectivity index (χ2v) is 6.76. The van der Waals surface area contributed by atoms with Gasteiger partial charge in [-0.15, -0.1) is 0 Å². The number of halogens is 2. The van der Waals surface area contributed by atoms with Crippen molar-refractivity contribution in [2.45, 2.75) is 23.8 Å². The lowest BCUT2D eigenvalue weighted by Crippen LogP contribution is -2.35. The highest BCUT2D eigenvalue weighted by Crippen LogP contribution is 2.15. The van der Waals surface area contributed by atoms with E-state index in [2.05, 4.69) is 5.32 Å². The minimum absolute atomic E-state index is 0.0973. The lowest BCUT2D eigenvalue weighted by atomic mass is 10.2. The van der Waals surface area contributed by atoms with Crippen molar-refractivity contribution < 1.29 is 26.7 Å². The fourth-order valence-electron chi connectivity index (χ4n) is 2.01. The van der Waals surface area contributed by atoms with Crippen molar-refractivity contribution in [3.63, 3.8) is 0 Å². The van der Waals surface area contributed by atoms with Crippen LogP contribution >= 0.6 is 0 Å². The Hall–Kier alpha value is -1.54. The Balaban J connectivity index is 1.96. The fourth-order valence-corrected chi connectivity index (χ4v) is 3.18. The summed E-state index contributed by atoms with van der Waals surface area (Å²) in [5.74, 6) is -3.92. The average Bonchev–Trinajstić information content (AvgIpc) is 2.92. The molecular formula is C13H15F2NO4S. The molecule has 2 rings (SSSR count). The van der Waals surface area contributed by atoms with Crippen LogP contribution in [0, 0.1) is 11.6 Å². The van der Waals surface area contributed by atoms with E-state index in [1.54, 1.807) is 0 Å². The molecule has 0 bridgehead atoms. The van der Waals surface area contributed by atoms with E-state index in [1.165, 1.54) is 0 Å². The normalized spacial score (nSPS) is 18.7. The predicted molar refractivity (Wildman–Crippen MR) is 70.4 cm³/mol. The van der Waals surface area contributed by atoms with Crippen LogP contribution in [0.5, 0.6) is 0 Å². The molecule has 1 aliphatic heterocycles. The Morgan fingerprint density at radius 2 is 2.10 bits per heavy atom. The monoisotopic (exact) mass is 319 g/mol. The van der Waals surface area contributed by atoms with Crippen LogP contribution < -0.4 is 5.32 Å². The van der Waals surface area contributed by atoms with Crippen molar-refractivity contribution >= 4 is 15.7 Å². The molecule has 0 aliphatic carbocycles. The molecule has 1 heterocycles. The van der Waals surface area contributed by atoms with Gasteiger partial charge in [-0.05, 0) is 31.0 Å². The second-order valence-electron chi connectivity index (χ2n) is 4.77. The van der Waals surface area contributed by atoms with Gasteiger partial charge >= 0.3 is 0 Å².